The van der Waals surface area contributed by atoms with Gasteiger partial charge in [0, 0.05) is 24.8 Å². The Balaban J connectivity index is 1.72. The monoisotopic (exact) mass is 348 g/mol. The maximum absolute atomic E-state index is 12.6. The summed E-state index contributed by atoms with van der Waals surface area (Å²) in [5, 5.41) is 7.86. The minimum Gasteiger partial charge on any atom is -0.320 e. The first-order chi connectivity index (χ1) is 12.4. The number of aromatic nitrogens is 5. The summed E-state index contributed by atoms with van der Waals surface area (Å²) in [5.74, 6) is -0.527. The summed E-state index contributed by atoms with van der Waals surface area (Å²) in [6.45, 7) is 3.74. The Morgan fingerprint density at radius 2 is 1.96 bits per heavy atom. The third-order valence-corrected chi connectivity index (χ3v) is 4.22. The second-order valence-corrected chi connectivity index (χ2v) is 6.17. The summed E-state index contributed by atoms with van der Waals surface area (Å²) in [7, 11) is 1.81. The molecule has 0 aliphatic rings. The molecule has 4 aromatic rings. The Morgan fingerprint density at radius 1 is 1.15 bits per heavy atom. The van der Waals surface area contributed by atoms with Crippen LogP contribution in [0.4, 0.5) is 5.69 Å². The van der Waals surface area contributed by atoms with Gasteiger partial charge in [-0.25, -0.2) is 9.97 Å². The Bertz CT molecular complexity index is 1240. The zero-order chi connectivity index (χ0) is 18.4. The molecule has 0 aromatic carbocycles. The molecule has 0 fully saturated rings. The molecule has 0 unspecified atom stereocenters. The second-order valence-electron chi connectivity index (χ2n) is 6.17. The summed E-state index contributed by atoms with van der Waals surface area (Å²) in [4.78, 5) is 33.7. The van der Waals surface area contributed by atoms with E-state index in [1.807, 2.05) is 27.0 Å². The van der Waals surface area contributed by atoms with Gasteiger partial charge < -0.3 is 5.32 Å². The molecule has 26 heavy (non-hydrogen) atoms. The third kappa shape index (κ3) is 2.52. The lowest BCUT2D eigenvalue weighted by Crippen LogP contribution is -2.26. The molecule has 0 atom stereocenters. The van der Waals surface area contributed by atoms with Crippen molar-refractivity contribution >= 4 is 28.3 Å². The van der Waals surface area contributed by atoms with Gasteiger partial charge in [-0.15, -0.1) is 0 Å². The molecule has 4 heterocycles. The number of amides is 1. The van der Waals surface area contributed by atoms with Crippen molar-refractivity contribution in [3.63, 3.8) is 0 Å². The molecule has 4 aromatic heterocycles. The van der Waals surface area contributed by atoms with Crippen molar-refractivity contribution in [2.75, 3.05) is 5.32 Å². The maximum Gasteiger partial charge on any atom is 0.270 e. The lowest BCUT2D eigenvalue weighted by atomic mass is 10.2. The maximum atomic E-state index is 12.6. The van der Waals surface area contributed by atoms with Gasteiger partial charge in [-0.05, 0) is 31.5 Å². The van der Waals surface area contributed by atoms with Crippen molar-refractivity contribution < 1.29 is 4.79 Å². The van der Waals surface area contributed by atoms with Crippen LogP contribution in [0.3, 0.4) is 0 Å². The Labute approximate surface area is 148 Å². The highest BCUT2D eigenvalue weighted by atomic mass is 16.2. The summed E-state index contributed by atoms with van der Waals surface area (Å²) in [5.41, 5.74) is 2.98. The summed E-state index contributed by atoms with van der Waals surface area (Å²) in [6.07, 6.45) is 4.50. The van der Waals surface area contributed by atoms with Crippen LogP contribution >= 0.6 is 0 Å². The fourth-order valence-corrected chi connectivity index (χ4v) is 2.91. The molecule has 0 aliphatic carbocycles. The quantitative estimate of drug-likeness (QED) is 0.596. The first kappa shape index (κ1) is 15.9. The molecule has 0 aliphatic heterocycles. The van der Waals surface area contributed by atoms with E-state index in [4.69, 9.17) is 0 Å². The lowest BCUT2D eigenvalue weighted by molar-refractivity contribution is 0.102. The highest BCUT2D eigenvalue weighted by molar-refractivity contribution is 6.04. The predicted octanol–water partition coefficient (Wildman–Crippen LogP) is 1.85. The van der Waals surface area contributed by atoms with Crippen LogP contribution in [0.15, 0.2) is 41.6 Å². The van der Waals surface area contributed by atoms with Gasteiger partial charge in [0.1, 0.15) is 11.2 Å². The van der Waals surface area contributed by atoms with Crippen molar-refractivity contribution in [2.45, 2.75) is 13.8 Å². The average Bonchev–Trinajstić information content (AvgIpc) is 2.89. The van der Waals surface area contributed by atoms with E-state index in [2.05, 4.69) is 20.4 Å². The number of nitrogens with one attached hydrogen (secondary N) is 1. The topological polar surface area (TPSA) is 94.2 Å². The van der Waals surface area contributed by atoms with Crippen LogP contribution in [0.2, 0.25) is 0 Å². The number of hydrogen-bond acceptors (Lipinski definition) is 5. The normalized spacial score (nSPS) is 11.2. The molecule has 130 valence electrons. The number of carbonyl (C=O) groups is 1. The van der Waals surface area contributed by atoms with Crippen LogP contribution in [0.1, 0.15) is 21.6 Å². The highest BCUT2D eigenvalue weighted by Crippen LogP contribution is 2.19. The zero-order valence-electron chi connectivity index (χ0n) is 14.5. The van der Waals surface area contributed by atoms with Crippen LogP contribution in [0, 0.1) is 13.8 Å². The van der Waals surface area contributed by atoms with Crippen LogP contribution in [-0.4, -0.2) is 30.1 Å². The molecule has 0 spiro atoms. The Kier molecular flexibility index (Phi) is 3.54. The van der Waals surface area contributed by atoms with Gasteiger partial charge in [0.05, 0.1) is 17.6 Å². The minimum absolute atomic E-state index is 0.0314. The Morgan fingerprint density at radius 3 is 2.77 bits per heavy atom. The number of rotatable bonds is 2. The van der Waals surface area contributed by atoms with Gasteiger partial charge in [0.15, 0.2) is 5.65 Å². The second kappa shape index (κ2) is 5.76. The fourth-order valence-electron chi connectivity index (χ4n) is 2.91. The number of anilines is 1. The number of aryl methyl sites for hydroxylation is 3. The fraction of sp³-hybridized carbons (Fsp3) is 0.167. The molecular weight excluding hydrogens is 332 g/mol. The smallest absolute Gasteiger partial charge is 0.270 e. The van der Waals surface area contributed by atoms with Crippen molar-refractivity contribution in [3.8, 4) is 0 Å². The van der Waals surface area contributed by atoms with Gasteiger partial charge in [0.25, 0.3) is 11.5 Å². The van der Waals surface area contributed by atoms with Crippen molar-refractivity contribution in [3.05, 3.63) is 64.0 Å². The molecule has 0 saturated heterocycles. The standard InChI is InChI=1S/C18H16N6O2/c1-10-4-5-15-19-8-14(18(26)24(15)9-10)17(25)21-12-6-13-11(2)22-23(3)16(13)20-7-12/h4-9H,1-3H3,(H,21,25). The number of carbonyl (C=O) groups excluding carboxylic acids is 1. The van der Waals surface area contributed by atoms with Gasteiger partial charge >= 0.3 is 0 Å². The van der Waals surface area contributed by atoms with E-state index in [0.717, 1.165) is 22.3 Å². The summed E-state index contributed by atoms with van der Waals surface area (Å²) < 4.78 is 3.05. The van der Waals surface area contributed by atoms with Crippen LogP contribution in [-0.2, 0) is 7.05 Å². The van der Waals surface area contributed by atoms with Crippen LogP contribution in [0.5, 0.6) is 0 Å². The Hall–Kier alpha value is -3.55. The average molecular weight is 348 g/mol. The van der Waals surface area contributed by atoms with Gasteiger partial charge in [-0.3, -0.25) is 18.7 Å². The van der Waals surface area contributed by atoms with Crippen molar-refractivity contribution in [1.29, 1.82) is 0 Å². The molecular formula is C18H16N6O2. The molecule has 8 heteroatoms. The SMILES string of the molecule is Cc1ccc2ncc(C(=O)Nc3cnc4c(c3)c(C)nn4C)c(=O)n2c1. The van der Waals surface area contributed by atoms with Crippen LogP contribution < -0.4 is 10.9 Å². The van der Waals surface area contributed by atoms with E-state index in [-0.39, 0.29) is 5.56 Å². The predicted molar refractivity (Wildman–Crippen MR) is 97.4 cm³/mol. The minimum atomic E-state index is -0.527. The van der Waals surface area contributed by atoms with Crippen molar-refractivity contribution in [2.24, 2.45) is 7.05 Å². The number of pyridine rings is 2. The molecule has 0 bridgehead atoms. The highest BCUT2D eigenvalue weighted by Gasteiger charge is 2.15. The summed E-state index contributed by atoms with van der Waals surface area (Å²) >= 11 is 0. The lowest BCUT2D eigenvalue weighted by Gasteiger charge is -2.07. The zero-order valence-corrected chi connectivity index (χ0v) is 14.5. The molecule has 4 rings (SSSR count). The van der Waals surface area contributed by atoms with E-state index >= 15 is 0 Å². The molecule has 8 nitrogen and oxygen atoms in total. The van der Waals surface area contributed by atoms with Gasteiger partial charge in [-0.1, -0.05) is 6.07 Å². The van der Waals surface area contributed by atoms with E-state index in [9.17, 15) is 9.59 Å². The third-order valence-electron chi connectivity index (χ3n) is 4.22. The van der Waals surface area contributed by atoms with E-state index < -0.39 is 11.5 Å². The largest absolute Gasteiger partial charge is 0.320 e. The van der Waals surface area contributed by atoms with Gasteiger partial charge in [-0.2, -0.15) is 5.10 Å². The first-order valence-electron chi connectivity index (χ1n) is 8.03. The van der Waals surface area contributed by atoms with Crippen molar-refractivity contribution in [1.82, 2.24) is 24.1 Å². The molecule has 1 N–H and O–H groups in total. The van der Waals surface area contributed by atoms with E-state index in [0.29, 0.717) is 11.3 Å². The number of fused-ring (bicyclic) bond motifs is 2. The molecule has 0 radical (unpaired) electrons. The van der Waals surface area contributed by atoms with Gasteiger partial charge in [0.2, 0.25) is 0 Å². The first-order valence-corrected chi connectivity index (χ1v) is 8.03. The van der Waals surface area contributed by atoms with Crippen LogP contribution in [0.25, 0.3) is 16.7 Å². The molecule has 1 amide bonds. The number of nitrogens with zero attached hydrogens (tertiary/aromatic N) is 5. The summed E-state index contributed by atoms with van der Waals surface area (Å²) in [6, 6.07) is 5.39. The van der Waals surface area contributed by atoms with E-state index in [1.54, 1.807) is 23.0 Å². The molecule has 0 saturated carbocycles. The van der Waals surface area contributed by atoms with E-state index in [1.165, 1.54) is 16.8 Å². The number of hydrogen-bond donors (Lipinski definition) is 1.